The van der Waals surface area contributed by atoms with Crippen molar-refractivity contribution in [2.75, 3.05) is 23.9 Å². The molecule has 1 aliphatic heterocycles. The number of unbranched alkanes of at least 4 members (excludes halogenated alkanes) is 6. The van der Waals surface area contributed by atoms with Crippen molar-refractivity contribution in [1.29, 1.82) is 0 Å². The molecule has 3 rings (SSSR count). The molecule has 2 saturated carbocycles. The van der Waals surface area contributed by atoms with Crippen LogP contribution in [0.1, 0.15) is 96.3 Å². The molecule has 0 aromatic carbocycles. The molecule has 2 aliphatic carbocycles. The number of halogens is 2. The van der Waals surface area contributed by atoms with Gasteiger partial charge in [0.05, 0.1) is 24.3 Å². The third-order valence-corrected chi connectivity index (χ3v) is 8.98. The minimum absolute atomic E-state index is 0.519. The van der Waals surface area contributed by atoms with Crippen LogP contribution in [0.3, 0.4) is 0 Å². The van der Waals surface area contributed by atoms with E-state index in [-0.39, 0.29) is 0 Å². The maximum Gasteiger partial charge on any atom is 0.0914 e. The van der Waals surface area contributed by atoms with E-state index in [0.717, 1.165) is 47.8 Å². The van der Waals surface area contributed by atoms with E-state index in [1.54, 1.807) is 0 Å². The Kier molecular flexibility index (Phi) is 12.6. The lowest BCUT2D eigenvalue weighted by Crippen LogP contribution is -3.00. The SMILES string of the molecule is BrCCCCCCOC1CCC2CC3CCC(OCCCCCCBr)CC3[NH2+]C2C1. The molecule has 3 nitrogen and oxygen atoms in total. The predicted molar refractivity (Wildman–Crippen MR) is 133 cm³/mol. The van der Waals surface area contributed by atoms with Crippen LogP contribution in [0.25, 0.3) is 0 Å². The number of quaternary nitrogens is 1. The number of piperidine rings is 1. The second kappa shape index (κ2) is 14.9. The van der Waals surface area contributed by atoms with Gasteiger partial charge in [0.1, 0.15) is 0 Å². The largest absolute Gasteiger partial charge is 0.378 e. The molecule has 3 fully saturated rings. The van der Waals surface area contributed by atoms with Gasteiger partial charge in [-0.25, -0.2) is 0 Å². The van der Waals surface area contributed by atoms with Crippen molar-refractivity contribution in [2.45, 2.75) is 121 Å². The number of hydrogen-bond acceptors (Lipinski definition) is 2. The summed E-state index contributed by atoms with van der Waals surface area (Å²) in [5.41, 5.74) is 0. The Morgan fingerprint density at radius 2 is 1.03 bits per heavy atom. The minimum Gasteiger partial charge on any atom is -0.378 e. The molecule has 3 aliphatic rings. The van der Waals surface area contributed by atoms with Crippen molar-refractivity contribution in [2.24, 2.45) is 11.8 Å². The summed E-state index contributed by atoms with van der Waals surface area (Å²) in [5.74, 6) is 1.88. The number of alkyl halides is 2. The second-order valence-corrected chi connectivity index (χ2v) is 11.7. The van der Waals surface area contributed by atoms with E-state index in [4.69, 9.17) is 9.47 Å². The quantitative estimate of drug-likeness (QED) is 0.213. The van der Waals surface area contributed by atoms with Crippen LogP contribution >= 0.6 is 31.9 Å². The fourth-order valence-electron chi connectivity index (χ4n) is 6.12. The predicted octanol–water partition coefficient (Wildman–Crippen LogP) is 5.97. The average Bonchev–Trinajstić information content (AvgIpc) is 2.77. The summed E-state index contributed by atoms with van der Waals surface area (Å²) in [7, 11) is 0. The number of ether oxygens (including phenoxy) is 2. The standard InChI is InChI=1S/C25H45Br2NO2/c26-13-5-1-3-7-15-29-22-11-9-20-17-21-10-12-23(19-25(21)28-24(20)18-22)30-16-8-4-2-6-14-27/h20-25,28H,1-19H2/p+1. The first-order valence-electron chi connectivity index (χ1n) is 13.0. The zero-order chi connectivity index (χ0) is 21.0. The lowest BCUT2D eigenvalue weighted by atomic mass is 9.68. The van der Waals surface area contributed by atoms with Crippen molar-refractivity contribution in [3.05, 3.63) is 0 Å². The van der Waals surface area contributed by atoms with E-state index in [9.17, 15) is 0 Å². The summed E-state index contributed by atoms with van der Waals surface area (Å²) in [6, 6.07) is 1.61. The molecule has 5 heteroatoms. The smallest absolute Gasteiger partial charge is 0.0914 e. The molecule has 0 aromatic rings. The maximum atomic E-state index is 6.30. The topological polar surface area (TPSA) is 35.1 Å². The van der Waals surface area contributed by atoms with Crippen molar-refractivity contribution < 1.29 is 14.8 Å². The lowest BCUT2D eigenvalue weighted by Gasteiger charge is -2.46. The van der Waals surface area contributed by atoms with Crippen LogP contribution in [0.5, 0.6) is 0 Å². The lowest BCUT2D eigenvalue weighted by molar-refractivity contribution is -0.749. The zero-order valence-electron chi connectivity index (χ0n) is 19.0. The molecule has 30 heavy (non-hydrogen) atoms. The first-order chi connectivity index (χ1) is 14.8. The van der Waals surface area contributed by atoms with Gasteiger partial charge in [-0.05, 0) is 57.8 Å². The molecule has 176 valence electrons. The summed E-state index contributed by atoms with van der Waals surface area (Å²) in [4.78, 5) is 0. The van der Waals surface area contributed by atoms with Gasteiger partial charge >= 0.3 is 0 Å². The van der Waals surface area contributed by atoms with Crippen LogP contribution in [-0.2, 0) is 9.47 Å². The van der Waals surface area contributed by atoms with E-state index < -0.39 is 0 Å². The average molecular weight is 552 g/mol. The molecule has 6 atom stereocenters. The Bertz CT molecular complexity index is 415. The molecule has 0 spiro atoms. The summed E-state index contributed by atoms with van der Waals surface area (Å²) in [6.45, 7) is 1.95. The van der Waals surface area contributed by atoms with Gasteiger partial charge in [-0.1, -0.05) is 57.5 Å². The Labute approximate surface area is 202 Å². The van der Waals surface area contributed by atoms with E-state index in [1.165, 1.54) is 96.3 Å². The van der Waals surface area contributed by atoms with E-state index in [2.05, 4.69) is 37.2 Å². The highest BCUT2D eigenvalue weighted by Crippen LogP contribution is 2.38. The first-order valence-corrected chi connectivity index (χ1v) is 15.2. The van der Waals surface area contributed by atoms with Gasteiger partial charge in [-0.2, -0.15) is 0 Å². The van der Waals surface area contributed by atoms with Crippen LogP contribution in [0, 0.1) is 11.8 Å². The van der Waals surface area contributed by atoms with E-state index in [1.807, 2.05) is 0 Å². The summed E-state index contributed by atoms with van der Waals surface area (Å²) in [5, 5.41) is 5.05. The van der Waals surface area contributed by atoms with Gasteiger partial charge in [-0.15, -0.1) is 0 Å². The van der Waals surface area contributed by atoms with Crippen LogP contribution in [-0.4, -0.2) is 48.2 Å². The highest BCUT2D eigenvalue weighted by atomic mass is 79.9. The van der Waals surface area contributed by atoms with Gasteiger partial charge in [0, 0.05) is 48.6 Å². The summed E-state index contributed by atoms with van der Waals surface area (Å²) < 4.78 is 12.6. The van der Waals surface area contributed by atoms with Crippen molar-refractivity contribution >= 4 is 31.9 Å². The van der Waals surface area contributed by atoms with Crippen molar-refractivity contribution in [3.63, 3.8) is 0 Å². The Morgan fingerprint density at radius 3 is 1.50 bits per heavy atom. The summed E-state index contributed by atoms with van der Waals surface area (Å²) >= 11 is 7.04. The van der Waals surface area contributed by atoms with Gasteiger partial charge in [0.25, 0.3) is 0 Å². The highest BCUT2D eigenvalue weighted by Gasteiger charge is 2.45. The van der Waals surface area contributed by atoms with Crippen molar-refractivity contribution in [1.82, 2.24) is 0 Å². The number of hydrogen-bond donors (Lipinski definition) is 1. The fraction of sp³-hybridized carbons (Fsp3) is 1.00. The van der Waals surface area contributed by atoms with E-state index >= 15 is 0 Å². The fourth-order valence-corrected chi connectivity index (χ4v) is 6.91. The Hall–Kier alpha value is 0.840. The number of nitrogens with two attached hydrogens (primary N) is 1. The van der Waals surface area contributed by atoms with Gasteiger partial charge in [0.2, 0.25) is 0 Å². The molecular weight excluding hydrogens is 506 g/mol. The first kappa shape index (κ1) is 25.5. The second-order valence-electron chi connectivity index (χ2n) is 10.1. The monoisotopic (exact) mass is 550 g/mol. The number of fused-ring (bicyclic) bond motifs is 2. The Balaban J connectivity index is 1.32. The molecule has 1 saturated heterocycles. The molecule has 0 radical (unpaired) electrons. The molecular formula is C25H46Br2NO2+. The van der Waals surface area contributed by atoms with Crippen LogP contribution in [0.15, 0.2) is 0 Å². The Morgan fingerprint density at radius 1 is 0.567 bits per heavy atom. The molecule has 0 bridgehead atoms. The zero-order valence-corrected chi connectivity index (χ0v) is 22.2. The molecule has 6 unspecified atom stereocenters. The van der Waals surface area contributed by atoms with Crippen LogP contribution in [0.4, 0.5) is 0 Å². The van der Waals surface area contributed by atoms with Gasteiger partial charge in [0.15, 0.2) is 0 Å². The van der Waals surface area contributed by atoms with Gasteiger partial charge in [-0.3, -0.25) is 0 Å². The summed E-state index contributed by atoms with van der Waals surface area (Å²) in [6.07, 6.45) is 20.9. The number of rotatable bonds is 14. The third kappa shape index (κ3) is 8.65. The molecule has 0 amide bonds. The molecule has 2 N–H and O–H groups in total. The third-order valence-electron chi connectivity index (χ3n) is 7.86. The van der Waals surface area contributed by atoms with Crippen LogP contribution in [0.2, 0.25) is 0 Å². The molecule has 0 aromatic heterocycles. The van der Waals surface area contributed by atoms with Crippen molar-refractivity contribution in [3.8, 4) is 0 Å². The van der Waals surface area contributed by atoms with E-state index in [0.29, 0.717) is 12.2 Å². The van der Waals surface area contributed by atoms with Crippen LogP contribution < -0.4 is 5.32 Å². The minimum atomic E-state index is 0.519. The highest BCUT2D eigenvalue weighted by molar-refractivity contribution is 9.09. The molecule has 1 heterocycles. The maximum absolute atomic E-state index is 6.30. The van der Waals surface area contributed by atoms with Gasteiger partial charge < -0.3 is 14.8 Å². The normalized spacial score (nSPS) is 33.8.